The first kappa shape index (κ1) is 18.9. The van der Waals surface area contributed by atoms with E-state index in [0.29, 0.717) is 16.8 Å². The molecule has 7 nitrogen and oxygen atoms in total. The minimum absolute atomic E-state index is 0.189. The van der Waals surface area contributed by atoms with Gasteiger partial charge in [-0.15, -0.1) is 0 Å². The van der Waals surface area contributed by atoms with Crippen molar-refractivity contribution in [3.63, 3.8) is 0 Å². The molecule has 3 rings (SSSR count). The molecule has 1 heterocycles. The van der Waals surface area contributed by atoms with E-state index in [-0.39, 0.29) is 13.0 Å². The van der Waals surface area contributed by atoms with E-state index in [4.69, 9.17) is 4.74 Å². The summed E-state index contributed by atoms with van der Waals surface area (Å²) in [7, 11) is -4.55. The molecule has 142 valence electrons. The molecule has 0 aromatic heterocycles. The van der Waals surface area contributed by atoms with Crippen LogP contribution in [0.3, 0.4) is 0 Å². The Balaban J connectivity index is 1.91. The third-order valence-electron chi connectivity index (χ3n) is 4.61. The quantitative estimate of drug-likeness (QED) is 0.807. The van der Waals surface area contributed by atoms with Crippen molar-refractivity contribution in [2.75, 3.05) is 4.31 Å². The molecular weight excluding hydrogens is 370 g/mol. The zero-order valence-electron chi connectivity index (χ0n) is 14.6. The number of carboxylic acid groups (broad SMARTS) is 1. The fourth-order valence-corrected chi connectivity index (χ4v) is 4.59. The zero-order chi connectivity index (χ0) is 19.6. The van der Waals surface area contributed by atoms with Crippen LogP contribution in [0.4, 0.5) is 10.5 Å². The Morgan fingerprint density at radius 3 is 2.41 bits per heavy atom. The van der Waals surface area contributed by atoms with E-state index < -0.39 is 33.3 Å². The van der Waals surface area contributed by atoms with Crippen LogP contribution in [0.15, 0.2) is 54.6 Å². The average Bonchev–Trinajstić information content (AvgIpc) is 2.65. The summed E-state index contributed by atoms with van der Waals surface area (Å²) < 4.78 is 31.7. The minimum atomic E-state index is -4.55. The van der Waals surface area contributed by atoms with E-state index >= 15 is 0 Å². The van der Waals surface area contributed by atoms with Gasteiger partial charge in [0, 0.05) is 0 Å². The van der Waals surface area contributed by atoms with Gasteiger partial charge in [-0.1, -0.05) is 48.5 Å². The van der Waals surface area contributed by atoms with Crippen molar-refractivity contribution < 1.29 is 27.9 Å². The van der Waals surface area contributed by atoms with Gasteiger partial charge in [-0.05, 0) is 30.5 Å². The number of fused-ring (bicyclic) bond motifs is 1. The first-order valence-electron chi connectivity index (χ1n) is 8.38. The van der Waals surface area contributed by atoms with Crippen LogP contribution >= 0.6 is 0 Å². The third kappa shape index (κ3) is 3.66. The molecule has 8 heteroatoms. The fourth-order valence-electron chi connectivity index (χ4n) is 3.20. The van der Waals surface area contributed by atoms with Crippen LogP contribution in [-0.4, -0.2) is 30.8 Å². The average molecular weight is 389 g/mol. The van der Waals surface area contributed by atoms with E-state index in [1.165, 1.54) is 6.92 Å². The monoisotopic (exact) mass is 389 g/mol. The number of anilines is 1. The van der Waals surface area contributed by atoms with Gasteiger partial charge in [-0.3, -0.25) is 9.10 Å². The van der Waals surface area contributed by atoms with Gasteiger partial charge < -0.3 is 9.84 Å². The summed E-state index contributed by atoms with van der Waals surface area (Å²) in [5, 5.41) is 8.07. The highest BCUT2D eigenvalue weighted by molar-refractivity contribution is 8.06. The van der Waals surface area contributed by atoms with Gasteiger partial charge >= 0.3 is 21.3 Å². The van der Waals surface area contributed by atoms with E-state index in [1.54, 1.807) is 54.6 Å². The van der Waals surface area contributed by atoms with Gasteiger partial charge in [-0.2, -0.15) is 8.42 Å². The molecule has 0 fully saturated rings. The van der Waals surface area contributed by atoms with E-state index in [9.17, 15) is 23.1 Å². The van der Waals surface area contributed by atoms with Crippen molar-refractivity contribution in [3.8, 4) is 0 Å². The lowest BCUT2D eigenvalue weighted by atomic mass is 9.88. The molecule has 27 heavy (non-hydrogen) atoms. The number of aliphatic carboxylic acids is 1. The Bertz CT molecular complexity index is 957. The van der Waals surface area contributed by atoms with Gasteiger partial charge in [0.1, 0.15) is 6.61 Å². The standard InChI is InChI=1S/C19H19NO6S/c1-13-16(18(21)22)11-15-9-5-6-10-17(15)20(13)27(24,25)19(23)26-12-14-7-3-2-4-8-14/h2-10,13,16H,11-12H2,1H3,(H,21,22)/t13-,16?/m1/s1. The third-order valence-corrected chi connectivity index (χ3v) is 6.19. The van der Waals surface area contributed by atoms with Gasteiger partial charge in [-0.25, -0.2) is 4.79 Å². The van der Waals surface area contributed by atoms with E-state index in [2.05, 4.69) is 0 Å². The van der Waals surface area contributed by atoms with Crippen LogP contribution in [-0.2, 0) is 32.6 Å². The summed E-state index contributed by atoms with van der Waals surface area (Å²) in [6, 6.07) is 14.3. The summed E-state index contributed by atoms with van der Waals surface area (Å²) in [6.45, 7) is 1.29. The predicted octanol–water partition coefficient (Wildman–Crippen LogP) is 2.81. The largest absolute Gasteiger partial charge is 0.481 e. The number of nitrogens with zero attached hydrogens (tertiary/aromatic N) is 1. The molecule has 1 N–H and O–H groups in total. The Kier molecular flexibility index (Phi) is 5.18. The van der Waals surface area contributed by atoms with Crippen molar-refractivity contribution in [2.24, 2.45) is 5.92 Å². The minimum Gasteiger partial charge on any atom is -0.481 e. The Morgan fingerprint density at radius 1 is 1.11 bits per heavy atom. The van der Waals surface area contributed by atoms with Crippen molar-refractivity contribution in [2.45, 2.75) is 26.0 Å². The number of ether oxygens (including phenoxy) is 1. The number of carbonyl (C=O) groups is 2. The summed E-state index contributed by atoms with van der Waals surface area (Å²) in [5.41, 5.74) is 1.51. The first-order valence-corrected chi connectivity index (χ1v) is 9.82. The molecule has 2 aromatic rings. The summed E-state index contributed by atoms with van der Waals surface area (Å²) in [6.07, 6.45) is 0.192. The van der Waals surface area contributed by atoms with Crippen LogP contribution < -0.4 is 4.31 Å². The Hall–Kier alpha value is -2.87. The van der Waals surface area contributed by atoms with Crippen molar-refractivity contribution in [3.05, 3.63) is 65.7 Å². The Morgan fingerprint density at radius 2 is 1.74 bits per heavy atom. The van der Waals surface area contributed by atoms with Crippen LogP contribution in [0.2, 0.25) is 0 Å². The predicted molar refractivity (Wildman–Crippen MR) is 98.8 cm³/mol. The van der Waals surface area contributed by atoms with Crippen LogP contribution in [0.1, 0.15) is 18.1 Å². The fraction of sp³-hybridized carbons (Fsp3) is 0.263. The summed E-state index contributed by atoms with van der Waals surface area (Å²) in [4.78, 5) is 24.0. The van der Waals surface area contributed by atoms with Crippen molar-refractivity contribution >= 4 is 27.0 Å². The number of hydrogen-bond acceptors (Lipinski definition) is 5. The molecule has 0 spiro atoms. The topological polar surface area (TPSA) is 101 Å². The Labute approximate surface area is 157 Å². The number of sulfonamides is 1. The highest BCUT2D eigenvalue weighted by Gasteiger charge is 2.44. The lowest BCUT2D eigenvalue weighted by molar-refractivity contribution is -0.142. The molecule has 0 radical (unpaired) electrons. The maximum atomic E-state index is 12.9. The molecule has 0 bridgehead atoms. The van der Waals surface area contributed by atoms with E-state index in [0.717, 1.165) is 4.31 Å². The number of benzene rings is 2. The summed E-state index contributed by atoms with van der Waals surface area (Å²) in [5.74, 6) is -2.08. The maximum Gasteiger partial charge on any atom is 0.445 e. The number of hydrogen-bond donors (Lipinski definition) is 1. The molecular formula is C19H19NO6S. The highest BCUT2D eigenvalue weighted by Crippen LogP contribution is 2.36. The second-order valence-corrected chi connectivity index (χ2v) is 8.02. The van der Waals surface area contributed by atoms with Gasteiger partial charge in [0.2, 0.25) is 0 Å². The summed E-state index contributed by atoms with van der Waals surface area (Å²) >= 11 is 0. The molecule has 0 saturated carbocycles. The van der Waals surface area contributed by atoms with Crippen LogP contribution in [0.25, 0.3) is 0 Å². The second kappa shape index (κ2) is 7.40. The van der Waals surface area contributed by atoms with Crippen LogP contribution in [0, 0.1) is 5.92 Å². The molecule has 0 saturated heterocycles. The number of carboxylic acids is 1. The van der Waals surface area contributed by atoms with Crippen molar-refractivity contribution in [1.82, 2.24) is 0 Å². The number of carbonyl (C=O) groups excluding carboxylic acids is 1. The molecule has 1 aliphatic heterocycles. The van der Waals surface area contributed by atoms with Gasteiger partial charge in [0.25, 0.3) is 0 Å². The molecule has 1 unspecified atom stereocenters. The normalized spacial score (nSPS) is 19.2. The maximum absolute atomic E-state index is 12.9. The SMILES string of the molecule is C[C@@H]1C(C(=O)O)Cc2ccccc2N1S(=O)(=O)C(=O)OCc1ccccc1. The lowest BCUT2D eigenvalue weighted by Gasteiger charge is -2.38. The molecule has 2 aromatic carbocycles. The highest BCUT2D eigenvalue weighted by atomic mass is 32.2. The zero-order valence-corrected chi connectivity index (χ0v) is 15.4. The van der Waals surface area contributed by atoms with E-state index in [1.807, 2.05) is 0 Å². The van der Waals surface area contributed by atoms with Crippen LogP contribution in [0.5, 0.6) is 0 Å². The molecule has 0 aliphatic carbocycles. The number of rotatable bonds is 4. The van der Waals surface area contributed by atoms with Gasteiger partial charge in [0.05, 0.1) is 17.6 Å². The molecule has 2 atom stereocenters. The lowest BCUT2D eigenvalue weighted by Crippen LogP contribution is -2.51. The van der Waals surface area contributed by atoms with Gasteiger partial charge in [0.15, 0.2) is 0 Å². The van der Waals surface area contributed by atoms with Crippen molar-refractivity contribution in [1.29, 1.82) is 0 Å². The first-order chi connectivity index (χ1) is 12.8. The molecule has 0 amide bonds. The second-order valence-electron chi connectivity index (χ2n) is 6.34. The number of para-hydroxylation sites is 1. The smallest absolute Gasteiger partial charge is 0.445 e. The molecule has 1 aliphatic rings.